The average molecular weight is 218 g/mol. The molecular formula is C12H10O4. The first kappa shape index (κ1) is 10.6. The molecule has 0 aromatic carbocycles. The van der Waals surface area contributed by atoms with Crippen LogP contribution in [0.3, 0.4) is 0 Å². The van der Waals surface area contributed by atoms with Gasteiger partial charge in [0.1, 0.15) is 11.5 Å². The Balaban J connectivity index is 2.05. The summed E-state index contributed by atoms with van der Waals surface area (Å²) in [6.45, 7) is 0. The molecule has 0 bridgehead atoms. The molecule has 4 nitrogen and oxygen atoms in total. The van der Waals surface area contributed by atoms with Gasteiger partial charge < -0.3 is 19.0 Å². The van der Waals surface area contributed by atoms with E-state index < -0.39 is 12.2 Å². The SMILES string of the molecule is OC(C#CC(O)c1ccco1)c1ccco1. The Morgan fingerprint density at radius 3 is 1.62 bits per heavy atom. The Labute approximate surface area is 92.1 Å². The normalized spacial score (nSPS) is 13.9. The summed E-state index contributed by atoms with van der Waals surface area (Å²) in [6, 6.07) is 6.53. The largest absolute Gasteiger partial charge is 0.466 e. The molecule has 82 valence electrons. The van der Waals surface area contributed by atoms with Crippen LogP contribution in [0.2, 0.25) is 0 Å². The minimum absolute atomic E-state index is 0.346. The van der Waals surface area contributed by atoms with Crippen molar-refractivity contribution in [1.82, 2.24) is 0 Å². The maximum atomic E-state index is 9.55. The molecule has 2 unspecified atom stereocenters. The standard InChI is InChI=1S/C12H10O4/c13-9(11-3-1-7-15-11)5-6-10(14)12-4-2-8-16-12/h1-4,7-10,13-14H. The molecule has 0 aliphatic heterocycles. The molecule has 0 radical (unpaired) electrons. The van der Waals surface area contributed by atoms with Crippen molar-refractivity contribution in [1.29, 1.82) is 0 Å². The molecular weight excluding hydrogens is 208 g/mol. The maximum absolute atomic E-state index is 9.55. The van der Waals surface area contributed by atoms with Crippen LogP contribution >= 0.6 is 0 Å². The molecule has 2 aromatic rings. The summed E-state index contributed by atoms with van der Waals surface area (Å²) in [5.41, 5.74) is 0. The first-order valence-corrected chi connectivity index (χ1v) is 4.71. The molecule has 0 fully saturated rings. The number of hydrogen-bond donors (Lipinski definition) is 2. The summed E-state index contributed by atoms with van der Waals surface area (Å²) in [7, 11) is 0. The van der Waals surface area contributed by atoms with Crippen LogP contribution in [0.25, 0.3) is 0 Å². The van der Waals surface area contributed by atoms with Gasteiger partial charge in [0.2, 0.25) is 0 Å². The van der Waals surface area contributed by atoms with E-state index in [0.717, 1.165) is 0 Å². The second-order valence-electron chi connectivity index (χ2n) is 3.12. The van der Waals surface area contributed by atoms with Crippen molar-refractivity contribution in [2.75, 3.05) is 0 Å². The van der Waals surface area contributed by atoms with E-state index in [4.69, 9.17) is 8.83 Å². The third-order valence-electron chi connectivity index (χ3n) is 1.98. The molecule has 0 aliphatic rings. The Kier molecular flexibility index (Phi) is 3.10. The zero-order chi connectivity index (χ0) is 11.4. The molecule has 4 heteroatoms. The fraction of sp³-hybridized carbons (Fsp3) is 0.167. The van der Waals surface area contributed by atoms with Crippen LogP contribution in [0.5, 0.6) is 0 Å². The van der Waals surface area contributed by atoms with E-state index in [-0.39, 0.29) is 0 Å². The van der Waals surface area contributed by atoms with E-state index in [2.05, 4.69) is 11.8 Å². The summed E-state index contributed by atoms with van der Waals surface area (Å²) < 4.78 is 9.92. The highest BCUT2D eigenvalue weighted by Crippen LogP contribution is 2.14. The zero-order valence-corrected chi connectivity index (χ0v) is 8.33. The molecule has 0 saturated heterocycles. The van der Waals surface area contributed by atoms with E-state index in [1.807, 2.05) is 0 Å². The molecule has 0 aliphatic carbocycles. The first-order valence-electron chi connectivity index (χ1n) is 4.71. The quantitative estimate of drug-likeness (QED) is 0.752. The number of aliphatic hydroxyl groups is 2. The van der Waals surface area contributed by atoms with Gasteiger partial charge in [0.25, 0.3) is 0 Å². The van der Waals surface area contributed by atoms with Gasteiger partial charge in [-0.05, 0) is 24.3 Å². The molecule has 0 saturated carbocycles. The fourth-order valence-electron chi connectivity index (χ4n) is 1.19. The highest BCUT2D eigenvalue weighted by atomic mass is 16.4. The number of furan rings is 2. The average Bonchev–Trinajstić information content (AvgIpc) is 2.95. The fourth-order valence-corrected chi connectivity index (χ4v) is 1.19. The minimum atomic E-state index is -1.04. The predicted molar refractivity (Wildman–Crippen MR) is 55.1 cm³/mol. The lowest BCUT2D eigenvalue weighted by Crippen LogP contribution is -1.94. The van der Waals surface area contributed by atoms with Crippen LogP contribution in [0.15, 0.2) is 45.6 Å². The third-order valence-corrected chi connectivity index (χ3v) is 1.98. The minimum Gasteiger partial charge on any atom is -0.466 e. The molecule has 16 heavy (non-hydrogen) atoms. The van der Waals surface area contributed by atoms with Gasteiger partial charge in [0, 0.05) is 0 Å². The Morgan fingerprint density at radius 1 is 0.875 bits per heavy atom. The molecule has 2 heterocycles. The van der Waals surface area contributed by atoms with Crippen molar-refractivity contribution >= 4 is 0 Å². The predicted octanol–water partition coefficient (Wildman–Crippen LogP) is 1.64. The van der Waals surface area contributed by atoms with Crippen molar-refractivity contribution in [3.05, 3.63) is 48.3 Å². The summed E-state index contributed by atoms with van der Waals surface area (Å²) in [5.74, 6) is 5.64. The lowest BCUT2D eigenvalue weighted by molar-refractivity contribution is 0.196. The van der Waals surface area contributed by atoms with Crippen molar-refractivity contribution in [2.45, 2.75) is 12.2 Å². The van der Waals surface area contributed by atoms with E-state index in [0.29, 0.717) is 11.5 Å². The topological polar surface area (TPSA) is 66.7 Å². The van der Waals surface area contributed by atoms with Crippen LogP contribution in [-0.2, 0) is 0 Å². The summed E-state index contributed by atoms with van der Waals surface area (Å²) in [5, 5.41) is 19.1. The molecule has 2 atom stereocenters. The lowest BCUT2D eigenvalue weighted by atomic mass is 10.2. The van der Waals surface area contributed by atoms with Crippen LogP contribution in [-0.4, -0.2) is 10.2 Å². The van der Waals surface area contributed by atoms with Crippen LogP contribution < -0.4 is 0 Å². The van der Waals surface area contributed by atoms with Crippen molar-refractivity contribution < 1.29 is 19.0 Å². The van der Waals surface area contributed by atoms with Crippen LogP contribution in [0.4, 0.5) is 0 Å². The van der Waals surface area contributed by atoms with Gasteiger partial charge in [-0.1, -0.05) is 11.8 Å². The van der Waals surface area contributed by atoms with Crippen molar-refractivity contribution in [3.63, 3.8) is 0 Å². The Morgan fingerprint density at radius 2 is 1.31 bits per heavy atom. The molecule has 0 spiro atoms. The van der Waals surface area contributed by atoms with Gasteiger partial charge in [0.15, 0.2) is 12.2 Å². The highest BCUT2D eigenvalue weighted by molar-refractivity contribution is 5.21. The van der Waals surface area contributed by atoms with Crippen LogP contribution in [0, 0.1) is 11.8 Å². The number of hydrogen-bond acceptors (Lipinski definition) is 4. The van der Waals surface area contributed by atoms with E-state index >= 15 is 0 Å². The first-order chi connectivity index (χ1) is 7.77. The Bertz CT molecular complexity index is 429. The molecule has 0 amide bonds. The monoisotopic (exact) mass is 218 g/mol. The Hall–Kier alpha value is -1.96. The molecule has 2 rings (SSSR count). The second-order valence-corrected chi connectivity index (χ2v) is 3.12. The van der Waals surface area contributed by atoms with E-state index in [9.17, 15) is 10.2 Å². The van der Waals surface area contributed by atoms with E-state index in [1.165, 1.54) is 12.5 Å². The van der Waals surface area contributed by atoms with E-state index in [1.54, 1.807) is 24.3 Å². The summed E-state index contributed by atoms with van der Waals surface area (Å²) >= 11 is 0. The van der Waals surface area contributed by atoms with Gasteiger partial charge in [0.05, 0.1) is 12.5 Å². The zero-order valence-electron chi connectivity index (χ0n) is 8.33. The second kappa shape index (κ2) is 4.71. The van der Waals surface area contributed by atoms with Gasteiger partial charge in [-0.25, -0.2) is 0 Å². The van der Waals surface area contributed by atoms with Gasteiger partial charge >= 0.3 is 0 Å². The van der Waals surface area contributed by atoms with Gasteiger partial charge in [-0.15, -0.1) is 0 Å². The molecule has 2 N–H and O–H groups in total. The highest BCUT2D eigenvalue weighted by Gasteiger charge is 2.09. The summed E-state index contributed by atoms with van der Waals surface area (Å²) in [6.07, 6.45) is 0.811. The molecule has 2 aromatic heterocycles. The lowest BCUT2D eigenvalue weighted by Gasteiger charge is -1.99. The number of rotatable bonds is 2. The van der Waals surface area contributed by atoms with Crippen molar-refractivity contribution in [3.8, 4) is 11.8 Å². The smallest absolute Gasteiger partial charge is 0.172 e. The maximum Gasteiger partial charge on any atom is 0.172 e. The van der Waals surface area contributed by atoms with Crippen LogP contribution in [0.1, 0.15) is 23.7 Å². The third kappa shape index (κ3) is 2.34. The number of aliphatic hydroxyl groups excluding tert-OH is 2. The van der Waals surface area contributed by atoms with Gasteiger partial charge in [-0.2, -0.15) is 0 Å². The summed E-state index contributed by atoms with van der Waals surface area (Å²) in [4.78, 5) is 0. The van der Waals surface area contributed by atoms with Crippen molar-refractivity contribution in [2.24, 2.45) is 0 Å². The van der Waals surface area contributed by atoms with Gasteiger partial charge in [-0.3, -0.25) is 0 Å².